The Balaban J connectivity index is 2.94. The summed E-state index contributed by atoms with van der Waals surface area (Å²) >= 11 is 0. The van der Waals surface area contributed by atoms with Crippen LogP contribution in [0.15, 0.2) is 12.5 Å². The molecule has 1 rings (SSSR count). The van der Waals surface area contributed by atoms with Gasteiger partial charge in [0.15, 0.2) is 0 Å². The second-order valence-electron chi connectivity index (χ2n) is 8.06. The van der Waals surface area contributed by atoms with E-state index in [1.807, 2.05) is 0 Å². The van der Waals surface area contributed by atoms with Crippen LogP contribution in [0.4, 0.5) is 0 Å². The van der Waals surface area contributed by atoms with Gasteiger partial charge in [0.1, 0.15) is 18.1 Å². The second kappa shape index (κ2) is 13.3. The first-order valence-corrected chi connectivity index (χ1v) is 10.7. The standard InChI is InChI=1S/C20H33N7O7/c1-4-9(2)15(26-17(30)12(21)5-11-7-23-8-24-11)18(31)27-16(10(3)28)19(32)25-13(20(33)34)6-14(22)29/h7-10,12-13,15-16,28H,4-6,21H2,1-3H3,(H2,22,29)(H,23,24)(H,25,32)(H,26,30)(H,27,31)(H,33,34). The first-order valence-electron chi connectivity index (χ1n) is 10.7. The third-order valence-electron chi connectivity index (χ3n) is 5.21. The Hall–Kier alpha value is -3.52. The molecule has 14 nitrogen and oxygen atoms in total. The quantitative estimate of drug-likeness (QED) is 0.135. The lowest BCUT2D eigenvalue weighted by Gasteiger charge is -2.28. The number of hydrogen-bond donors (Lipinski definition) is 8. The average molecular weight is 484 g/mol. The van der Waals surface area contributed by atoms with E-state index in [1.165, 1.54) is 19.4 Å². The molecule has 0 saturated heterocycles. The first kappa shape index (κ1) is 28.5. The number of carbonyl (C=O) groups excluding carboxylic acids is 4. The maximum Gasteiger partial charge on any atom is 0.326 e. The third-order valence-corrected chi connectivity index (χ3v) is 5.21. The maximum atomic E-state index is 13.0. The summed E-state index contributed by atoms with van der Waals surface area (Å²) < 4.78 is 0. The van der Waals surface area contributed by atoms with Crippen LogP contribution < -0.4 is 27.4 Å². The fourth-order valence-corrected chi connectivity index (χ4v) is 3.00. The van der Waals surface area contributed by atoms with Crippen molar-refractivity contribution in [1.29, 1.82) is 0 Å². The van der Waals surface area contributed by atoms with E-state index in [0.29, 0.717) is 12.1 Å². The highest BCUT2D eigenvalue weighted by Gasteiger charge is 2.34. The van der Waals surface area contributed by atoms with Crippen LogP contribution in [0, 0.1) is 5.92 Å². The fourth-order valence-electron chi connectivity index (χ4n) is 3.00. The Labute approximate surface area is 196 Å². The molecule has 0 spiro atoms. The monoisotopic (exact) mass is 483 g/mol. The number of nitrogens with zero attached hydrogens (tertiary/aromatic N) is 1. The van der Waals surface area contributed by atoms with Crippen molar-refractivity contribution in [2.75, 3.05) is 0 Å². The molecule has 14 heteroatoms. The van der Waals surface area contributed by atoms with Gasteiger partial charge < -0.3 is 42.6 Å². The zero-order valence-corrected chi connectivity index (χ0v) is 19.3. The summed E-state index contributed by atoms with van der Waals surface area (Å²) in [7, 11) is 0. The zero-order chi connectivity index (χ0) is 26.0. The van der Waals surface area contributed by atoms with Crippen molar-refractivity contribution in [3.63, 3.8) is 0 Å². The number of aromatic amines is 1. The van der Waals surface area contributed by atoms with Crippen LogP contribution >= 0.6 is 0 Å². The van der Waals surface area contributed by atoms with E-state index in [0.717, 1.165) is 0 Å². The number of primary amides is 1. The lowest BCUT2D eigenvalue weighted by atomic mass is 9.97. The molecule has 34 heavy (non-hydrogen) atoms. The van der Waals surface area contributed by atoms with Crippen LogP contribution in [-0.2, 0) is 30.4 Å². The number of aliphatic carboxylic acids is 1. The van der Waals surface area contributed by atoms with Crippen LogP contribution in [0.5, 0.6) is 0 Å². The first-order chi connectivity index (χ1) is 15.9. The average Bonchev–Trinajstić information content (AvgIpc) is 3.26. The summed E-state index contributed by atoms with van der Waals surface area (Å²) in [4.78, 5) is 67.2. The molecule has 1 aromatic rings. The summed E-state index contributed by atoms with van der Waals surface area (Å²) in [5, 5.41) is 26.2. The number of rotatable bonds is 14. The smallest absolute Gasteiger partial charge is 0.326 e. The van der Waals surface area contributed by atoms with E-state index in [1.54, 1.807) is 13.8 Å². The number of carboxylic acid groups (broad SMARTS) is 1. The number of carboxylic acids is 1. The highest BCUT2D eigenvalue weighted by atomic mass is 16.4. The van der Waals surface area contributed by atoms with Crippen LogP contribution in [0.1, 0.15) is 39.3 Å². The zero-order valence-electron chi connectivity index (χ0n) is 19.3. The molecule has 0 aliphatic carbocycles. The molecule has 1 aromatic heterocycles. The van der Waals surface area contributed by atoms with E-state index in [4.69, 9.17) is 11.5 Å². The summed E-state index contributed by atoms with van der Waals surface area (Å²) in [6, 6.07) is -5.29. The molecule has 0 saturated carbocycles. The fraction of sp³-hybridized carbons (Fsp3) is 0.600. The highest BCUT2D eigenvalue weighted by Crippen LogP contribution is 2.10. The van der Waals surface area contributed by atoms with E-state index >= 15 is 0 Å². The summed E-state index contributed by atoms with van der Waals surface area (Å²) in [6.45, 7) is 4.71. The normalized spacial score (nSPS) is 16.3. The van der Waals surface area contributed by atoms with Gasteiger partial charge in [-0.15, -0.1) is 0 Å². The lowest BCUT2D eigenvalue weighted by molar-refractivity contribution is -0.144. The van der Waals surface area contributed by atoms with Gasteiger partial charge in [0.05, 0.1) is 24.9 Å². The molecule has 6 atom stereocenters. The number of imidazole rings is 1. The molecule has 0 bridgehead atoms. The minimum atomic E-state index is -1.64. The van der Waals surface area contributed by atoms with E-state index in [2.05, 4.69) is 25.9 Å². The van der Waals surface area contributed by atoms with Gasteiger partial charge in [-0.25, -0.2) is 9.78 Å². The Morgan fingerprint density at radius 2 is 1.65 bits per heavy atom. The Bertz CT molecular complexity index is 859. The van der Waals surface area contributed by atoms with Crippen molar-refractivity contribution in [3.05, 3.63) is 18.2 Å². The van der Waals surface area contributed by atoms with Crippen LogP contribution in [0.3, 0.4) is 0 Å². The van der Waals surface area contributed by atoms with Crippen LogP contribution in [-0.4, -0.2) is 80.1 Å². The van der Waals surface area contributed by atoms with Crippen molar-refractivity contribution in [3.8, 4) is 0 Å². The molecule has 0 aliphatic heterocycles. The number of H-pyrrole nitrogens is 1. The van der Waals surface area contributed by atoms with Crippen LogP contribution in [0.25, 0.3) is 0 Å². The Morgan fingerprint density at radius 1 is 1.06 bits per heavy atom. The minimum absolute atomic E-state index is 0.149. The van der Waals surface area contributed by atoms with Gasteiger partial charge >= 0.3 is 5.97 Å². The van der Waals surface area contributed by atoms with Gasteiger partial charge in [0, 0.05) is 18.3 Å². The van der Waals surface area contributed by atoms with Crippen molar-refractivity contribution < 1.29 is 34.2 Å². The molecule has 0 radical (unpaired) electrons. The lowest BCUT2D eigenvalue weighted by Crippen LogP contribution is -2.61. The molecule has 0 aromatic carbocycles. The molecule has 10 N–H and O–H groups in total. The molecular formula is C20H33N7O7. The highest BCUT2D eigenvalue weighted by molar-refractivity contribution is 5.95. The van der Waals surface area contributed by atoms with Gasteiger partial charge in [0.2, 0.25) is 23.6 Å². The maximum absolute atomic E-state index is 13.0. The van der Waals surface area contributed by atoms with Gasteiger partial charge in [-0.3, -0.25) is 19.2 Å². The van der Waals surface area contributed by atoms with E-state index in [-0.39, 0.29) is 12.3 Å². The molecule has 6 unspecified atom stereocenters. The van der Waals surface area contributed by atoms with Crippen molar-refractivity contribution >= 4 is 29.6 Å². The van der Waals surface area contributed by atoms with Gasteiger partial charge in [-0.05, 0) is 12.8 Å². The predicted molar refractivity (Wildman–Crippen MR) is 119 cm³/mol. The number of aliphatic hydroxyl groups excluding tert-OH is 1. The molecule has 0 aliphatic rings. The minimum Gasteiger partial charge on any atom is -0.480 e. The molecule has 190 valence electrons. The van der Waals surface area contributed by atoms with Crippen molar-refractivity contribution in [2.24, 2.45) is 17.4 Å². The number of amides is 4. The molecule has 0 fully saturated rings. The van der Waals surface area contributed by atoms with Gasteiger partial charge in [-0.2, -0.15) is 0 Å². The predicted octanol–water partition coefficient (Wildman–Crippen LogP) is -2.88. The molecule has 1 heterocycles. The van der Waals surface area contributed by atoms with Gasteiger partial charge in [-0.1, -0.05) is 20.3 Å². The number of nitrogens with two attached hydrogens (primary N) is 2. The molecule has 4 amide bonds. The second-order valence-corrected chi connectivity index (χ2v) is 8.06. The Morgan fingerprint density at radius 3 is 2.12 bits per heavy atom. The van der Waals surface area contributed by atoms with E-state index < -0.39 is 66.3 Å². The summed E-state index contributed by atoms with van der Waals surface area (Å²) in [6.07, 6.45) is 1.48. The number of hydrogen-bond acceptors (Lipinski definition) is 8. The largest absolute Gasteiger partial charge is 0.480 e. The van der Waals surface area contributed by atoms with Gasteiger partial charge in [0.25, 0.3) is 0 Å². The number of aliphatic hydroxyl groups is 1. The number of nitrogens with one attached hydrogen (secondary N) is 4. The topological polar surface area (TPSA) is 243 Å². The molecular weight excluding hydrogens is 450 g/mol. The third kappa shape index (κ3) is 8.78. The van der Waals surface area contributed by atoms with Crippen molar-refractivity contribution in [2.45, 2.75) is 70.3 Å². The van der Waals surface area contributed by atoms with Crippen LogP contribution in [0.2, 0.25) is 0 Å². The summed E-state index contributed by atoms with van der Waals surface area (Å²) in [5.41, 5.74) is 11.6. The van der Waals surface area contributed by atoms with E-state index in [9.17, 15) is 34.2 Å². The SMILES string of the molecule is CCC(C)C(NC(=O)C(N)Cc1cnc[nH]1)C(=O)NC(C(=O)NC(CC(N)=O)C(=O)O)C(C)O. The Kier molecular flexibility index (Phi) is 11.1. The number of carbonyl (C=O) groups is 5. The van der Waals surface area contributed by atoms with Crippen molar-refractivity contribution in [1.82, 2.24) is 25.9 Å². The summed E-state index contributed by atoms with van der Waals surface area (Å²) in [5.74, 6) is -5.28. The number of aromatic nitrogens is 2.